The Balaban J connectivity index is 2.49. The number of hydrogen-bond donors (Lipinski definition) is 1. The van der Waals surface area contributed by atoms with Crippen molar-refractivity contribution >= 4 is 11.8 Å². The van der Waals surface area contributed by atoms with E-state index in [9.17, 15) is 0 Å². The Morgan fingerprint density at radius 1 is 1.38 bits per heavy atom. The summed E-state index contributed by atoms with van der Waals surface area (Å²) in [7, 11) is 0. The van der Waals surface area contributed by atoms with Gasteiger partial charge in [-0.1, -0.05) is 25.6 Å². The monoisotopic (exact) mass is 198 g/mol. The van der Waals surface area contributed by atoms with Gasteiger partial charge in [-0.05, 0) is 5.92 Å². The Hall–Kier alpha value is -0.610. The molecule has 72 valence electrons. The van der Waals surface area contributed by atoms with Crippen LogP contribution in [0.15, 0.2) is 17.6 Å². The molecule has 0 unspecified atom stereocenters. The van der Waals surface area contributed by atoms with Crippen LogP contribution in [0.1, 0.15) is 19.4 Å². The van der Waals surface area contributed by atoms with Crippen LogP contribution in [0.4, 0.5) is 0 Å². The molecule has 3 nitrogen and oxygen atoms in total. The van der Waals surface area contributed by atoms with Crippen LogP contribution >= 0.6 is 11.8 Å². The first kappa shape index (κ1) is 10.5. The maximum Gasteiger partial charge on any atom is 0.187 e. The van der Waals surface area contributed by atoms with Gasteiger partial charge in [-0.15, -0.1) is 0 Å². The Labute approximate surface area is 82.6 Å². The number of hydrogen-bond acceptors (Lipinski definition) is 4. The fourth-order valence-corrected chi connectivity index (χ4v) is 1.48. The maximum absolute atomic E-state index is 8.76. The van der Waals surface area contributed by atoms with E-state index in [1.165, 1.54) is 0 Å². The fourth-order valence-electron chi connectivity index (χ4n) is 0.740. The molecule has 0 spiro atoms. The molecule has 0 aliphatic heterocycles. The molecule has 0 fully saturated rings. The zero-order valence-electron chi connectivity index (χ0n) is 7.90. The lowest BCUT2D eigenvalue weighted by Crippen LogP contribution is -1.95. The molecule has 0 amide bonds. The van der Waals surface area contributed by atoms with Crippen molar-refractivity contribution in [2.45, 2.75) is 25.6 Å². The minimum Gasteiger partial charge on any atom is -0.392 e. The van der Waals surface area contributed by atoms with E-state index in [2.05, 4.69) is 23.8 Å². The van der Waals surface area contributed by atoms with Gasteiger partial charge in [0.25, 0.3) is 0 Å². The van der Waals surface area contributed by atoms with Gasteiger partial charge in [0.05, 0.1) is 6.61 Å². The molecule has 0 aliphatic rings. The Morgan fingerprint density at radius 2 is 2.00 bits per heavy atom. The Bertz CT molecular complexity index is 248. The van der Waals surface area contributed by atoms with Crippen molar-refractivity contribution in [1.82, 2.24) is 9.97 Å². The van der Waals surface area contributed by atoms with Crippen LogP contribution in [0.3, 0.4) is 0 Å². The van der Waals surface area contributed by atoms with E-state index in [0.717, 1.165) is 16.5 Å². The number of aliphatic hydroxyl groups excluding tert-OH is 1. The van der Waals surface area contributed by atoms with Crippen molar-refractivity contribution in [2.75, 3.05) is 5.75 Å². The normalized spacial score (nSPS) is 10.8. The first-order valence-electron chi connectivity index (χ1n) is 4.27. The van der Waals surface area contributed by atoms with Gasteiger partial charge in [0, 0.05) is 23.7 Å². The molecule has 0 bridgehead atoms. The minimum atomic E-state index is 0.00905. The van der Waals surface area contributed by atoms with Gasteiger partial charge in [-0.2, -0.15) is 0 Å². The van der Waals surface area contributed by atoms with E-state index in [1.54, 1.807) is 24.2 Å². The van der Waals surface area contributed by atoms with Gasteiger partial charge in [0.15, 0.2) is 5.16 Å². The molecule has 0 aliphatic carbocycles. The van der Waals surface area contributed by atoms with Gasteiger partial charge in [-0.25, -0.2) is 9.97 Å². The second-order valence-corrected chi connectivity index (χ2v) is 4.22. The lowest BCUT2D eigenvalue weighted by molar-refractivity contribution is 0.280. The first-order chi connectivity index (χ1) is 6.22. The van der Waals surface area contributed by atoms with Crippen LogP contribution in [-0.2, 0) is 6.61 Å². The van der Waals surface area contributed by atoms with Crippen LogP contribution < -0.4 is 0 Å². The molecular formula is C9H14N2OS. The topological polar surface area (TPSA) is 46.0 Å². The van der Waals surface area contributed by atoms with Crippen LogP contribution in [0, 0.1) is 5.92 Å². The van der Waals surface area contributed by atoms with Crippen LogP contribution in [0.5, 0.6) is 0 Å². The smallest absolute Gasteiger partial charge is 0.187 e. The second kappa shape index (κ2) is 5.19. The van der Waals surface area contributed by atoms with Gasteiger partial charge < -0.3 is 5.11 Å². The molecule has 1 rings (SSSR count). The van der Waals surface area contributed by atoms with Crippen molar-refractivity contribution in [2.24, 2.45) is 5.92 Å². The lowest BCUT2D eigenvalue weighted by atomic mass is 10.3. The van der Waals surface area contributed by atoms with Crippen LogP contribution in [0.2, 0.25) is 0 Å². The molecule has 1 aromatic heterocycles. The standard InChI is InChI=1S/C9H14N2OS/c1-7(2)6-13-9-10-3-8(5-12)4-11-9/h3-4,7,12H,5-6H2,1-2H3. The third kappa shape index (κ3) is 3.74. The highest BCUT2D eigenvalue weighted by atomic mass is 32.2. The zero-order chi connectivity index (χ0) is 9.68. The maximum atomic E-state index is 8.76. The highest BCUT2D eigenvalue weighted by Crippen LogP contribution is 2.15. The molecule has 0 radical (unpaired) electrons. The SMILES string of the molecule is CC(C)CSc1ncc(CO)cn1. The van der Waals surface area contributed by atoms with Crippen LogP contribution in [0.25, 0.3) is 0 Å². The number of rotatable bonds is 4. The third-order valence-corrected chi connectivity index (χ3v) is 2.71. The van der Waals surface area contributed by atoms with E-state index in [0.29, 0.717) is 5.92 Å². The van der Waals surface area contributed by atoms with Gasteiger partial charge in [-0.3, -0.25) is 0 Å². The minimum absolute atomic E-state index is 0.00905. The van der Waals surface area contributed by atoms with Crippen molar-refractivity contribution in [3.63, 3.8) is 0 Å². The van der Waals surface area contributed by atoms with Crippen molar-refractivity contribution in [1.29, 1.82) is 0 Å². The predicted molar refractivity (Wildman–Crippen MR) is 53.5 cm³/mol. The van der Waals surface area contributed by atoms with Gasteiger partial charge in [0.1, 0.15) is 0 Å². The van der Waals surface area contributed by atoms with E-state index in [1.807, 2.05) is 0 Å². The van der Waals surface area contributed by atoms with Crippen molar-refractivity contribution in [3.8, 4) is 0 Å². The molecule has 1 N–H and O–H groups in total. The molecule has 0 atom stereocenters. The van der Waals surface area contributed by atoms with E-state index in [4.69, 9.17) is 5.11 Å². The summed E-state index contributed by atoms with van der Waals surface area (Å²) >= 11 is 1.64. The average molecular weight is 198 g/mol. The summed E-state index contributed by atoms with van der Waals surface area (Å²) in [5.74, 6) is 1.67. The van der Waals surface area contributed by atoms with Gasteiger partial charge >= 0.3 is 0 Å². The van der Waals surface area contributed by atoms with E-state index >= 15 is 0 Å². The summed E-state index contributed by atoms with van der Waals surface area (Å²) in [6.07, 6.45) is 3.32. The number of aromatic nitrogens is 2. The van der Waals surface area contributed by atoms with Crippen LogP contribution in [-0.4, -0.2) is 20.8 Å². The van der Waals surface area contributed by atoms with Crippen molar-refractivity contribution < 1.29 is 5.11 Å². The summed E-state index contributed by atoms with van der Waals surface area (Å²) in [6, 6.07) is 0. The van der Waals surface area contributed by atoms with E-state index < -0.39 is 0 Å². The summed E-state index contributed by atoms with van der Waals surface area (Å²) in [6.45, 7) is 4.33. The van der Waals surface area contributed by atoms with Gasteiger partial charge in [0.2, 0.25) is 0 Å². The summed E-state index contributed by atoms with van der Waals surface area (Å²) in [5.41, 5.74) is 0.758. The molecule has 1 heterocycles. The predicted octanol–water partition coefficient (Wildman–Crippen LogP) is 1.72. The highest BCUT2D eigenvalue weighted by Gasteiger charge is 1.99. The molecule has 0 saturated heterocycles. The summed E-state index contributed by atoms with van der Waals surface area (Å²) in [5, 5.41) is 9.54. The quantitative estimate of drug-likeness (QED) is 0.591. The molecule has 0 aromatic carbocycles. The Kier molecular flexibility index (Phi) is 4.18. The molecule has 0 saturated carbocycles. The third-order valence-electron chi connectivity index (χ3n) is 1.41. The van der Waals surface area contributed by atoms with E-state index in [-0.39, 0.29) is 6.61 Å². The second-order valence-electron chi connectivity index (χ2n) is 3.24. The first-order valence-corrected chi connectivity index (χ1v) is 5.25. The molecule has 4 heteroatoms. The molecule has 13 heavy (non-hydrogen) atoms. The summed E-state index contributed by atoms with van der Waals surface area (Å²) in [4.78, 5) is 8.23. The molecule has 1 aromatic rings. The van der Waals surface area contributed by atoms with Crippen molar-refractivity contribution in [3.05, 3.63) is 18.0 Å². The fraction of sp³-hybridized carbons (Fsp3) is 0.556. The number of nitrogens with zero attached hydrogens (tertiary/aromatic N) is 2. The largest absolute Gasteiger partial charge is 0.392 e. The summed E-state index contributed by atoms with van der Waals surface area (Å²) < 4.78 is 0. The zero-order valence-corrected chi connectivity index (χ0v) is 8.71. The number of thioether (sulfide) groups is 1. The lowest BCUT2D eigenvalue weighted by Gasteiger charge is -2.02. The number of aliphatic hydroxyl groups is 1. The average Bonchev–Trinajstić information content (AvgIpc) is 2.15. The Morgan fingerprint density at radius 3 is 2.46 bits per heavy atom. The highest BCUT2D eigenvalue weighted by molar-refractivity contribution is 7.99. The molecular weight excluding hydrogens is 184 g/mol.